The summed E-state index contributed by atoms with van der Waals surface area (Å²) in [5, 5.41) is 10.1. The fraction of sp³-hybridized carbons (Fsp3) is 0.409. The number of likely N-dealkylation sites (tertiary alicyclic amines) is 1. The number of β-amino-alcohol motifs (C(OH)–C–C–N with tert-alkyl or cyclic N) is 1. The van der Waals surface area contributed by atoms with E-state index in [1.165, 1.54) is 0 Å². The maximum absolute atomic E-state index is 12.9. The molecule has 4 nitrogen and oxygen atoms in total. The molecule has 1 aliphatic heterocycles. The maximum Gasteiger partial charge on any atom is 0.393 e. The van der Waals surface area contributed by atoms with E-state index >= 15 is 0 Å². The van der Waals surface area contributed by atoms with Gasteiger partial charge in [0.15, 0.2) is 5.78 Å². The van der Waals surface area contributed by atoms with Gasteiger partial charge in [0, 0.05) is 24.2 Å². The minimum Gasteiger partial charge on any atom is -0.491 e. The number of nitrogens with zero attached hydrogens (tertiary/aromatic N) is 1. The van der Waals surface area contributed by atoms with E-state index in [4.69, 9.17) is 4.74 Å². The van der Waals surface area contributed by atoms with E-state index in [2.05, 4.69) is 0 Å². The number of aliphatic hydroxyl groups is 1. The van der Waals surface area contributed by atoms with Crippen molar-refractivity contribution in [1.29, 1.82) is 0 Å². The average Bonchev–Trinajstić information content (AvgIpc) is 2.72. The van der Waals surface area contributed by atoms with Crippen molar-refractivity contribution in [2.24, 2.45) is 5.92 Å². The zero-order chi connectivity index (χ0) is 20.9. The number of alkyl halides is 3. The van der Waals surface area contributed by atoms with Crippen LogP contribution in [0.3, 0.4) is 0 Å². The molecule has 0 unspecified atom stereocenters. The summed E-state index contributed by atoms with van der Waals surface area (Å²) in [6, 6.07) is 15.5. The molecule has 29 heavy (non-hydrogen) atoms. The van der Waals surface area contributed by atoms with Crippen molar-refractivity contribution >= 4 is 5.78 Å². The molecule has 7 heteroatoms. The second-order valence-corrected chi connectivity index (χ2v) is 7.32. The van der Waals surface area contributed by atoms with Crippen LogP contribution >= 0.6 is 0 Å². The van der Waals surface area contributed by atoms with Crippen LogP contribution < -0.4 is 4.74 Å². The molecule has 156 valence electrons. The van der Waals surface area contributed by atoms with Gasteiger partial charge in [0.25, 0.3) is 0 Å². The van der Waals surface area contributed by atoms with Crippen LogP contribution in [0.5, 0.6) is 5.75 Å². The third kappa shape index (κ3) is 6.05. The topological polar surface area (TPSA) is 49.8 Å². The van der Waals surface area contributed by atoms with Crippen LogP contribution in [0.4, 0.5) is 13.2 Å². The number of carbonyl (C=O) groups is 1. The highest BCUT2D eigenvalue weighted by molar-refractivity contribution is 6.08. The summed E-state index contributed by atoms with van der Waals surface area (Å²) in [7, 11) is 0. The van der Waals surface area contributed by atoms with E-state index in [0.29, 0.717) is 29.8 Å². The normalized spacial score (nSPS) is 19.0. The first-order valence-electron chi connectivity index (χ1n) is 9.62. The van der Waals surface area contributed by atoms with Crippen LogP contribution in [-0.2, 0) is 0 Å². The minimum absolute atomic E-state index is 0.0286. The van der Waals surface area contributed by atoms with Crippen molar-refractivity contribution in [2.75, 3.05) is 26.2 Å². The molecule has 1 heterocycles. The Morgan fingerprint density at radius 2 is 1.76 bits per heavy atom. The molecule has 0 saturated carbocycles. The fourth-order valence-electron chi connectivity index (χ4n) is 3.49. The molecule has 0 amide bonds. The Labute approximate surface area is 167 Å². The molecule has 1 aliphatic rings. The highest BCUT2D eigenvalue weighted by atomic mass is 19.4. The van der Waals surface area contributed by atoms with E-state index in [-0.39, 0.29) is 31.9 Å². The molecule has 1 fully saturated rings. The number of halogens is 3. The molecule has 0 spiro atoms. The quantitative estimate of drug-likeness (QED) is 0.707. The lowest BCUT2D eigenvalue weighted by Crippen LogP contribution is -2.45. The molecule has 1 saturated heterocycles. The summed E-state index contributed by atoms with van der Waals surface area (Å²) >= 11 is 0. The Morgan fingerprint density at radius 3 is 2.41 bits per heavy atom. The summed E-state index contributed by atoms with van der Waals surface area (Å²) < 4.78 is 44.2. The van der Waals surface area contributed by atoms with Gasteiger partial charge in [-0.2, -0.15) is 13.2 Å². The number of hydrogen-bond acceptors (Lipinski definition) is 4. The molecular weight excluding hydrogens is 383 g/mol. The Kier molecular flexibility index (Phi) is 6.92. The van der Waals surface area contributed by atoms with Gasteiger partial charge in [-0.1, -0.05) is 30.3 Å². The first kappa shape index (κ1) is 21.3. The molecule has 2 aromatic carbocycles. The maximum atomic E-state index is 12.9. The van der Waals surface area contributed by atoms with Gasteiger partial charge in [0.1, 0.15) is 18.5 Å². The zero-order valence-electron chi connectivity index (χ0n) is 15.9. The third-order valence-corrected chi connectivity index (χ3v) is 5.03. The molecule has 2 aromatic rings. The van der Waals surface area contributed by atoms with Crippen LogP contribution in [0.15, 0.2) is 54.6 Å². The van der Waals surface area contributed by atoms with Gasteiger partial charge in [-0.3, -0.25) is 4.79 Å². The number of benzene rings is 2. The van der Waals surface area contributed by atoms with E-state index in [1.807, 2.05) is 6.07 Å². The molecule has 0 bridgehead atoms. The first-order chi connectivity index (χ1) is 13.8. The Morgan fingerprint density at radius 1 is 1.10 bits per heavy atom. The lowest BCUT2D eigenvalue weighted by molar-refractivity contribution is -0.187. The van der Waals surface area contributed by atoms with Crippen molar-refractivity contribution in [2.45, 2.75) is 25.1 Å². The summed E-state index contributed by atoms with van der Waals surface area (Å²) in [5.41, 5.74) is 1.12. The van der Waals surface area contributed by atoms with Gasteiger partial charge in [-0.15, -0.1) is 0 Å². The standard InChI is InChI=1S/C22H24F3NO3/c23-22(24,25)18-7-4-12-26(13-18)14-19(27)15-29-20-10-8-17(9-11-20)21(28)16-5-2-1-3-6-16/h1-3,5-6,8-11,18-19,27H,4,7,12-15H2/t18-,19-/m0/s1. The Balaban J connectivity index is 1.48. The number of carbonyl (C=O) groups excluding carboxylic acids is 1. The van der Waals surface area contributed by atoms with E-state index < -0.39 is 18.2 Å². The summed E-state index contributed by atoms with van der Waals surface area (Å²) in [4.78, 5) is 14.0. The van der Waals surface area contributed by atoms with Crippen LogP contribution in [0.2, 0.25) is 0 Å². The molecule has 0 radical (unpaired) electrons. The number of aliphatic hydroxyl groups excluding tert-OH is 1. The summed E-state index contributed by atoms with van der Waals surface area (Å²) in [6.07, 6.45) is -4.48. The predicted octanol–water partition coefficient (Wildman–Crippen LogP) is 3.93. The third-order valence-electron chi connectivity index (χ3n) is 5.03. The SMILES string of the molecule is O=C(c1ccccc1)c1ccc(OC[C@@H](O)CN2CCC[C@H](C(F)(F)F)C2)cc1. The zero-order valence-corrected chi connectivity index (χ0v) is 15.9. The molecule has 0 aliphatic carbocycles. The lowest BCUT2D eigenvalue weighted by atomic mass is 9.97. The van der Waals surface area contributed by atoms with E-state index in [0.717, 1.165) is 0 Å². The van der Waals surface area contributed by atoms with Crippen molar-refractivity contribution in [3.8, 4) is 5.75 Å². The predicted molar refractivity (Wildman–Crippen MR) is 103 cm³/mol. The van der Waals surface area contributed by atoms with E-state index in [1.54, 1.807) is 53.4 Å². The van der Waals surface area contributed by atoms with Crippen LogP contribution in [-0.4, -0.2) is 54.3 Å². The number of hydrogen-bond donors (Lipinski definition) is 1. The Hall–Kier alpha value is -2.38. The second kappa shape index (κ2) is 9.41. The monoisotopic (exact) mass is 407 g/mol. The van der Waals surface area contributed by atoms with Gasteiger partial charge in [0.2, 0.25) is 0 Å². The van der Waals surface area contributed by atoms with Gasteiger partial charge in [-0.05, 0) is 43.7 Å². The molecule has 1 N–H and O–H groups in total. The second-order valence-electron chi connectivity index (χ2n) is 7.32. The number of rotatable bonds is 7. The average molecular weight is 407 g/mol. The smallest absolute Gasteiger partial charge is 0.393 e. The minimum atomic E-state index is -4.20. The van der Waals surface area contributed by atoms with Gasteiger partial charge < -0.3 is 14.7 Å². The number of ketones is 1. The first-order valence-corrected chi connectivity index (χ1v) is 9.62. The van der Waals surface area contributed by atoms with Gasteiger partial charge in [-0.25, -0.2) is 0 Å². The highest BCUT2D eigenvalue weighted by Gasteiger charge is 2.41. The largest absolute Gasteiger partial charge is 0.491 e. The van der Waals surface area contributed by atoms with Crippen molar-refractivity contribution in [1.82, 2.24) is 4.90 Å². The van der Waals surface area contributed by atoms with Crippen molar-refractivity contribution in [3.63, 3.8) is 0 Å². The molecule has 0 aromatic heterocycles. The molecular formula is C22H24F3NO3. The van der Waals surface area contributed by atoms with Crippen molar-refractivity contribution < 1.29 is 27.8 Å². The number of ether oxygens (including phenoxy) is 1. The van der Waals surface area contributed by atoms with Gasteiger partial charge in [0.05, 0.1) is 5.92 Å². The molecule has 3 rings (SSSR count). The summed E-state index contributed by atoms with van der Waals surface area (Å²) in [5.74, 6) is -0.943. The number of piperidine rings is 1. The van der Waals surface area contributed by atoms with Crippen LogP contribution in [0.1, 0.15) is 28.8 Å². The van der Waals surface area contributed by atoms with Crippen LogP contribution in [0, 0.1) is 5.92 Å². The summed E-state index contributed by atoms with van der Waals surface area (Å²) in [6.45, 7) is 0.563. The van der Waals surface area contributed by atoms with E-state index in [9.17, 15) is 23.1 Å². The van der Waals surface area contributed by atoms with Crippen LogP contribution in [0.25, 0.3) is 0 Å². The van der Waals surface area contributed by atoms with Gasteiger partial charge >= 0.3 is 6.18 Å². The fourth-order valence-corrected chi connectivity index (χ4v) is 3.49. The Bertz CT molecular complexity index is 793. The molecule has 2 atom stereocenters. The highest BCUT2D eigenvalue weighted by Crippen LogP contribution is 2.33. The van der Waals surface area contributed by atoms with Crippen molar-refractivity contribution in [3.05, 3.63) is 65.7 Å². The lowest BCUT2D eigenvalue weighted by Gasteiger charge is -2.34.